The van der Waals surface area contributed by atoms with E-state index in [0.717, 1.165) is 6.92 Å². The molecule has 0 aromatic heterocycles. The van der Waals surface area contributed by atoms with Crippen molar-refractivity contribution < 1.29 is 32.6 Å². The molecule has 1 aliphatic heterocycles. The number of nitrogens with zero attached hydrogens (tertiary/aromatic N) is 1. The van der Waals surface area contributed by atoms with Gasteiger partial charge in [-0.3, -0.25) is 14.4 Å². The Bertz CT molecular complexity index is 711. The third-order valence-corrected chi connectivity index (χ3v) is 6.60. The van der Waals surface area contributed by atoms with Crippen molar-refractivity contribution in [1.29, 1.82) is 0 Å². The van der Waals surface area contributed by atoms with Gasteiger partial charge in [-0.15, -0.1) is 0 Å². The molecule has 3 aliphatic rings. The zero-order chi connectivity index (χ0) is 22.0. The third kappa shape index (κ3) is 3.52. The normalized spacial score (nSPS) is 34.7. The predicted octanol–water partition coefficient (Wildman–Crippen LogP) is 3.03. The van der Waals surface area contributed by atoms with Crippen LogP contribution in [0.5, 0.6) is 0 Å². The summed E-state index contributed by atoms with van der Waals surface area (Å²) in [6, 6.07) is -0.297. The Balaban J connectivity index is 1.94. The summed E-state index contributed by atoms with van der Waals surface area (Å²) in [7, 11) is 0. The Morgan fingerprint density at radius 3 is 2.17 bits per heavy atom. The minimum Gasteiger partial charge on any atom is -0.460 e. The zero-order valence-electron chi connectivity index (χ0n) is 18.1. The van der Waals surface area contributed by atoms with Gasteiger partial charge in [0.2, 0.25) is 5.91 Å². The van der Waals surface area contributed by atoms with Gasteiger partial charge in [0.25, 0.3) is 5.92 Å². The summed E-state index contributed by atoms with van der Waals surface area (Å²) in [6.07, 6.45) is -1.69. The van der Waals surface area contributed by atoms with Gasteiger partial charge in [-0.05, 0) is 40.0 Å². The number of alkyl halides is 2. The molecule has 0 aromatic rings. The van der Waals surface area contributed by atoms with Crippen LogP contribution in [0.2, 0.25) is 0 Å². The number of esters is 2. The van der Waals surface area contributed by atoms with E-state index in [0.29, 0.717) is 13.3 Å². The van der Waals surface area contributed by atoms with Crippen molar-refractivity contribution in [3.63, 3.8) is 0 Å². The lowest BCUT2D eigenvalue weighted by atomic mass is 9.78. The molecular formula is C21H31F2NO5. The highest BCUT2D eigenvalue weighted by atomic mass is 19.3. The second-order valence-corrected chi connectivity index (χ2v) is 10.1. The van der Waals surface area contributed by atoms with Crippen molar-refractivity contribution in [2.45, 2.75) is 84.6 Å². The largest absolute Gasteiger partial charge is 0.460 e. The maximum absolute atomic E-state index is 13.5. The van der Waals surface area contributed by atoms with Crippen LogP contribution < -0.4 is 0 Å². The summed E-state index contributed by atoms with van der Waals surface area (Å²) in [6.45, 7) is 11.0. The van der Waals surface area contributed by atoms with Crippen LogP contribution in [0.15, 0.2) is 0 Å². The van der Waals surface area contributed by atoms with Crippen molar-refractivity contribution >= 4 is 17.8 Å². The lowest BCUT2D eigenvalue weighted by molar-refractivity contribution is -0.180. The lowest BCUT2D eigenvalue weighted by Gasteiger charge is -2.40. The fraction of sp³-hybridized carbons (Fsp3) is 0.857. The molecular weight excluding hydrogens is 384 g/mol. The first-order valence-corrected chi connectivity index (χ1v) is 10.3. The number of hydrogen-bond acceptors (Lipinski definition) is 5. The number of halogens is 2. The molecule has 29 heavy (non-hydrogen) atoms. The molecule has 2 aliphatic carbocycles. The Morgan fingerprint density at radius 1 is 1.10 bits per heavy atom. The molecule has 8 heteroatoms. The van der Waals surface area contributed by atoms with Crippen LogP contribution in [-0.2, 0) is 23.9 Å². The van der Waals surface area contributed by atoms with E-state index in [9.17, 15) is 23.2 Å². The summed E-state index contributed by atoms with van der Waals surface area (Å²) >= 11 is 0. The first-order valence-electron chi connectivity index (χ1n) is 10.3. The molecule has 3 fully saturated rings. The van der Waals surface area contributed by atoms with E-state index >= 15 is 0 Å². The maximum atomic E-state index is 13.5. The van der Waals surface area contributed by atoms with E-state index in [4.69, 9.17) is 9.47 Å². The van der Waals surface area contributed by atoms with Crippen molar-refractivity contribution in [1.82, 2.24) is 4.90 Å². The molecule has 3 rings (SSSR count). The van der Waals surface area contributed by atoms with E-state index < -0.39 is 53.4 Å². The van der Waals surface area contributed by atoms with Gasteiger partial charge in [-0.2, -0.15) is 0 Å². The summed E-state index contributed by atoms with van der Waals surface area (Å²) in [4.78, 5) is 40.2. The lowest BCUT2D eigenvalue weighted by Crippen LogP contribution is -2.53. The summed E-state index contributed by atoms with van der Waals surface area (Å²) in [5.41, 5.74) is -0.519. The topological polar surface area (TPSA) is 72.9 Å². The molecule has 0 radical (unpaired) electrons. The van der Waals surface area contributed by atoms with Gasteiger partial charge < -0.3 is 14.4 Å². The molecule has 7 atom stereocenters. The fourth-order valence-corrected chi connectivity index (χ4v) is 5.19. The van der Waals surface area contributed by atoms with Crippen molar-refractivity contribution in [2.24, 2.45) is 29.6 Å². The summed E-state index contributed by atoms with van der Waals surface area (Å²) in [5, 5.41) is 0. The number of hydrogen-bond donors (Lipinski definition) is 0. The number of ether oxygens (including phenoxy) is 2. The number of carbonyl (C=O) groups excluding carboxylic acids is 3. The molecule has 164 valence electrons. The first kappa shape index (κ1) is 22.0. The highest BCUT2D eigenvalue weighted by Crippen LogP contribution is 2.61. The average Bonchev–Trinajstić information content (AvgIpc) is 3.14. The minimum atomic E-state index is -3.18. The molecule has 7 unspecified atom stereocenters. The Labute approximate surface area is 170 Å². The highest BCUT2D eigenvalue weighted by molar-refractivity contribution is 5.91. The first-order chi connectivity index (χ1) is 13.2. The molecule has 1 saturated heterocycles. The molecule has 2 bridgehead atoms. The number of fused-ring (bicyclic) bond motifs is 1. The molecule has 0 spiro atoms. The van der Waals surface area contributed by atoms with Gasteiger partial charge in [0, 0.05) is 18.4 Å². The van der Waals surface area contributed by atoms with Gasteiger partial charge in [0.1, 0.15) is 6.10 Å². The second kappa shape index (κ2) is 6.91. The van der Waals surface area contributed by atoms with Crippen LogP contribution in [0, 0.1) is 29.6 Å². The van der Waals surface area contributed by atoms with Gasteiger partial charge in [-0.1, -0.05) is 13.8 Å². The maximum Gasteiger partial charge on any atom is 0.310 e. The van der Waals surface area contributed by atoms with Crippen molar-refractivity contribution in [2.75, 3.05) is 0 Å². The molecule has 0 N–H and O–H groups in total. The van der Waals surface area contributed by atoms with E-state index in [1.54, 1.807) is 18.7 Å². The van der Waals surface area contributed by atoms with Crippen molar-refractivity contribution in [3.05, 3.63) is 0 Å². The van der Waals surface area contributed by atoms with E-state index in [1.807, 2.05) is 20.8 Å². The zero-order valence-corrected chi connectivity index (χ0v) is 18.1. The van der Waals surface area contributed by atoms with E-state index in [1.165, 1.54) is 0 Å². The van der Waals surface area contributed by atoms with Crippen LogP contribution in [0.4, 0.5) is 8.78 Å². The van der Waals surface area contributed by atoms with Gasteiger partial charge in [-0.25, -0.2) is 8.78 Å². The third-order valence-electron chi connectivity index (χ3n) is 6.60. The Hall–Kier alpha value is -1.73. The van der Waals surface area contributed by atoms with Gasteiger partial charge >= 0.3 is 11.9 Å². The standard InChI is InChI=1S/C21H31F2NO5/c1-9(2)18(26)29-16-12-8-11-13(17(25)24(15(11)16)20(4,5)6)14(12)19(27)28-10(3)21(7,22)23/h9-16H,8H2,1-7H3. The second-order valence-electron chi connectivity index (χ2n) is 10.1. The van der Waals surface area contributed by atoms with Gasteiger partial charge in [0.05, 0.1) is 23.8 Å². The molecule has 1 heterocycles. The molecule has 2 saturated carbocycles. The van der Waals surface area contributed by atoms with Crippen LogP contribution in [-0.4, -0.2) is 52.5 Å². The minimum absolute atomic E-state index is 0.147. The number of amides is 1. The highest BCUT2D eigenvalue weighted by Gasteiger charge is 2.72. The molecule has 6 nitrogen and oxygen atoms in total. The van der Waals surface area contributed by atoms with E-state index in [2.05, 4.69) is 0 Å². The number of rotatable bonds is 5. The Morgan fingerprint density at radius 2 is 1.69 bits per heavy atom. The summed E-state index contributed by atoms with van der Waals surface area (Å²) < 4.78 is 37.9. The smallest absolute Gasteiger partial charge is 0.310 e. The summed E-state index contributed by atoms with van der Waals surface area (Å²) in [5.74, 6) is -6.95. The molecule has 0 aromatic carbocycles. The Kier molecular flexibility index (Phi) is 5.23. The monoisotopic (exact) mass is 415 g/mol. The SMILES string of the molecule is CC(C)C(=O)OC1C2CC3C(C(=O)N(C(C)(C)C)C31)C2C(=O)OC(C)C(C)(F)F. The quantitative estimate of drug-likeness (QED) is 0.646. The van der Waals surface area contributed by atoms with E-state index in [-0.39, 0.29) is 23.8 Å². The predicted molar refractivity (Wildman–Crippen MR) is 99.9 cm³/mol. The van der Waals surface area contributed by atoms with Crippen LogP contribution >= 0.6 is 0 Å². The number of likely N-dealkylation sites (tertiary alicyclic amines) is 1. The average molecular weight is 415 g/mol. The fourth-order valence-electron chi connectivity index (χ4n) is 5.19. The number of carbonyl (C=O) groups is 3. The van der Waals surface area contributed by atoms with Crippen molar-refractivity contribution in [3.8, 4) is 0 Å². The van der Waals surface area contributed by atoms with Crippen LogP contribution in [0.25, 0.3) is 0 Å². The molecule has 1 amide bonds. The van der Waals surface area contributed by atoms with Crippen LogP contribution in [0.3, 0.4) is 0 Å². The van der Waals surface area contributed by atoms with Crippen LogP contribution in [0.1, 0.15) is 54.9 Å². The van der Waals surface area contributed by atoms with Gasteiger partial charge in [0.15, 0.2) is 6.10 Å².